The van der Waals surface area contributed by atoms with Gasteiger partial charge >= 0.3 is 0 Å². The summed E-state index contributed by atoms with van der Waals surface area (Å²) in [5.41, 5.74) is 2.78. The minimum Gasteiger partial charge on any atom is -0.438 e. The van der Waals surface area contributed by atoms with E-state index in [0.29, 0.717) is 38.4 Å². The Morgan fingerprint density at radius 3 is 1.91 bits per heavy atom. The molecule has 4 atom stereocenters. The van der Waals surface area contributed by atoms with Crippen molar-refractivity contribution in [2.24, 2.45) is 0 Å². The molecule has 8 heterocycles. The van der Waals surface area contributed by atoms with E-state index >= 15 is 0 Å². The van der Waals surface area contributed by atoms with Gasteiger partial charge in [-0.2, -0.15) is 10.2 Å². The van der Waals surface area contributed by atoms with Crippen molar-refractivity contribution < 1.29 is 47.4 Å². The highest BCUT2D eigenvalue weighted by atomic mass is 33.1. The molecule has 2 fully saturated rings. The molecule has 6 aromatic heterocycles. The average Bonchev–Trinajstić information content (AvgIpc) is 4.09. The third-order valence-electron chi connectivity index (χ3n) is 8.52. The average molecular weight is 871 g/mol. The lowest BCUT2D eigenvalue weighted by Crippen LogP contribution is -2.34. The van der Waals surface area contributed by atoms with Gasteiger partial charge in [-0.1, -0.05) is 12.1 Å². The van der Waals surface area contributed by atoms with Crippen LogP contribution < -0.4 is 9.47 Å². The fourth-order valence-corrected chi connectivity index (χ4v) is 9.41. The normalized spacial score (nSPS) is 21.9. The summed E-state index contributed by atoms with van der Waals surface area (Å²) in [5, 5.41) is 14.6. The second-order valence-corrected chi connectivity index (χ2v) is 16.6. The summed E-state index contributed by atoms with van der Waals surface area (Å²) in [4.78, 5) is 18.5. The van der Waals surface area contributed by atoms with E-state index in [4.69, 9.17) is 47.4 Å². The second kappa shape index (κ2) is 18.5. The van der Waals surface area contributed by atoms with Crippen molar-refractivity contribution in [2.45, 2.75) is 61.4 Å². The quantitative estimate of drug-likeness (QED) is 0.0637. The highest BCUT2D eigenvalue weighted by molar-refractivity contribution is 8.76. The Hall–Kier alpha value is -4.04. The van der Waals surface area contributed by atoms with Gasteiger partial charge in [0.1, 0.15) is 58.3 Å². The highest BCUT2D eigenvalue weighted by Crippen LogP contribution is 2.45. The van der Waals surface area contributed by atoms with Gasteiger partial charge in [0.2, 0.25) is 23.3 Å². The number of rotatable bonds is 19. The number of thiophene rings is 2. The van der Waals surface area contributed by atoms with E-state index in [9.17, 15) is 0 Å². The van der Waals surface area contributed by atoms with Crippen LogP contribution in [-0.4, -0.2) is 93.1 Å². The standard InChI is InChI=1S/C36H38N8O10S4/c1-23-5-7-28(37-11-23)51-26-10-27(55-16-26)36(50-14-31(54-36)48-22-46-4)18-44-34(40-20-42-44)58-57-33-39-19-41-43(33)17-35(49-13-30(53-35)47-21-45-3)25-9-32(56-15-25)52-29-8-6-24(2)12-38-29/h5-12,15-16,19-20,30-31H,13-14,17-18,21-22H2,1-4H3. The van der Waals surface area contributed by atoms with Gasteiger partial charge < -0.3 is 47.4 Å². The van der Waals surface area contributed by atoms with Crippen LogP contribution in [0.15, 0.2) is 82.5 Å². The van der Waals surface area contributed by atoms with E-state index in [0.717, 1.165) is 16.0 Å². The van der Waals surface area contributed by atoms with Gasteiger partial charge in [0.05, 0.1) is 4.88 Å². The van der Waals surface area contributed by atoms with Crippen molar-refractivity contribution in [1.29, 1.82) is 0 Å². The smallest absolute Gasteiger partial charge is 0.227 e. The number of aryl methyl sites for hydroxylation is 2. The molecular formula is C36H38N8O10S4. The summed E-state index contributed by atoms with van der Waals surface area (Å²) in [6, 6.07) is 11.2. The molecule has 18 nitrogen and oxygen atoms in total. The maximum atomic E-state index is 6.44. The third-order valence-corrected chi connectivity index (χ3v) is 12.5. The summed E-state index contributed by atoms with van der Waals surface area (Å²) in [6.45, 7) is 4.62. The molecule has 0 bridgehead atoms. The van der Waals surface area contributed by atoms with Crippen LogP contribution in [-0.2, 0) is 62.6 Å². The van der Waals surface area contributed by atoms with Crippen molar-refractivity contribution in [1.82, 2.24) is 39.5 Å². The first-order valence-corrected chi connectivity index (χ1v) is 21.6. The second-order valence-electron chi connectivity index (χ2n) is 12.8. The van der Waals surface area contributed by atoms with Crippen molar-refractivity contribution in [3.63, 3.8) is 0 Å². The first-order valence-electron chi connectivity index (χ1n) is 17.7. The Morgan fingerprint density at radius 1 is 0.724 bits per heavy atom. The van der Waals surface area contributed by atoms with Crippen LogP contribution in [0.4, 0.5) is 0 Å². The molecule has 0 N–H and O–H groups in total. The van der Waals surface area contributed by atoms with Crippen molar-refractivity contribution in [2.75, 3.05) is 41.0 Å². The number of aromatic nitrogens is 8. The summed E-state index contributed by atoms with van der Waals surface area (Å²) in [7, 11) is 5.77. The number of nitrogens with zero attached hydrogens (tertiary/aromatic N) is 8. The Labute approximate surface area is 348 Å². The molecule has 4 unspecified atom stereocenters. The maximum absolute atomic E-state index is 6.44. The first-order chi connectivity index (χ1) is 28.3. The zero-order valence-electron chi connectivity index (χ0n) is 31.6. The van der Waals surface area contributed by atoms with Gasteiger partial charge in [0.25, 0.3) is 0 Å². The predicted octanol–water partition coefficient (Wildman–Crippen LogP) is 6.48. The summed E-state index contributed by atoms with van der Waals surface area (Å²) < 4.78 is 62.8. The SMILES string of the molecule is COCOC1COC(Cn2ncnc2SSc2ncnn2CC2(c3cc(Oc4ccc(C)cn4)cs3)OCC(OCOC)O2)(c2csc(Oc3ccc(C)cn3)c2)O1. The molecule has 0 radical (unpaired) electrons. The fourth-order valence-electron chi connectivity index (χ4n) is 5.75. The monoisotopic (exact) mass is 870 g/mol. The van der Waals surface area contributed by atoms with E-state index in [2.05, 4.69) is 30.1 Å². The lowest BCUT2D eigenvalue weighted by molar-refractivity contribution is -0.242. The van der Waals surface area contributed by atoms with Crippen LogP contribution in [0.5, 0.6) is 22.6 Å². The molecule has 0 spiro atoms. The molecule has 0 saturated carbocycles. The minimum atomic E-state index is -1.28. The van der Waals surface area contributed by atoms with E-state index < -0.39 is 24.2 Å². The van der Waals surface area contributed by atoms with Crippen molar-refractivity contribution in [3.05, 3.63) is 93.8 Å². The van der Waals surface area contributed by atoms with E-state index in [-0.39, 0.29) is 39.9 Å². The molecular weight excluding hydrogens is 833 g/mol. The number of hydrogen-bond donors (Lipinski definition) is 0. The number of methoxy groups -OCH3 is 2. The van der Waals surface area contributed by atoms with Gasteiger partial charge in [-0.15, -0.1) is 22.7 Å². The summed E-state index contributed by atoms with van der Waals surface area (Å²) in [6.07, 6.45) is 5.07. The molecule has 2 aliphatic heterocycles. The Morgan fingerprint density at radius 2 is 1.31 bits per heavy atom. The van der Waals surface area contributed by atoms with Gasteiger partial charge in [0, 0.05) is 67.2 Å². The number of ether oxygens (including phenoxy) is 10. The molecule has 0 amide bonds. The molecule has 2 aliphatic rings. The summed E-state index contributed by atoms with van der Waals surface area (Å²) >= 11 is 2.81. The van der Waals surface area contributed by atoms with Crippen LogP contribution in [0.3, 0.4) is 0 Å². The van der Waals surface area contributed by atoms with Gasteiger partial charge in [-0.25, -0.2) is 29.3 Å². The predicted molar refractivity (Wildman–Crippen MR) is 209 cm³/mol. The summed E-state index contributed by atoms with van der Waals surface area (Å²) in [5.74, 6) is -1.02. The molecule has 22 heteroatoms. The molecule has 6 aromatic rings. The van der Waals surface area contributed by atoms with Gasteiger partial charge in [-0.3, -0.25) is 0 Å². The maximum Gasteiger partial charge on any atom is 0.227 e. The van der Waals surface area contributed by atoms with Crippen molar-refractivity contribution >= 4 is 44.3 Å². The molecule has 0 aliphatic carbocycles. The molecule has 306 valence electrons. The van der Waals surface area contributed by atoms with Crippen LogP contribution >= 0.6 is 44.3 Å². The highest BCUT2D eigenvalue weighted by Gasteiger charge is 2.48. The largest absolute Gasteiger partial charge is 0.438 e. The zero-order valence-corrected chi connectivity index (χ0v) is 34.9. The van der Waals surface area contributed by atoms with Crippen LogP contribution in [0.1, 0.15) is 21.6 Å². The fraction of sp³-hybridized carbons (Fsp3) is 0.389. The van der Waals surface area contributed by atoms with Gasteiger partial charge in [0.15, 0.2) is 28.0 Å². The third kappa shape index (κ3) is 9.54. The van der Waals surface area contributed by atoms with Crippen LogP contribution in [0.2, 0.25) is 0 Å². The molecule has 0 aromatic carbocycles. The number of hydrogen-bond acceptors (Lipinski definition) is 20. The Balaban J connectivity index is 0.986. The minimum absolute atomic E-state index is 0.0352. The van der Waals surface area contributed by atoms with E-state index in [1.807, 2.05) is 61.0 Å². The van der Waals surface area contributed by atoms with E-state index in [1.54, 1.807) is 36.0 Å². The van der Waals surface area contributed by atoms with Crippen LogP contribution in [0.25, 0.3) is 0 Å². The molecule has 58 heavy (non-hydrogen) atoms. The van der Waals surface area contributed by atoms with E-state index in [1.165, 1.54) is 56.9 Å². The topological polar surface area (TPSA) is 179 Å². The lowest BCUT2D eigenvalue weighted by atomic mass is 10.1. The molecule has 8 rings (SSSR count). The lowest BCUT2D eigenvalue weighted by Gasteiger charge is -2.27. The molecule has 2 saturated heterocycles. The van der Waals surface area contributed by atoms with Crippen LogP contribution in [0, 0.1) is 13.8 Å². The Bertz CT molecular complexity index is 2080. The zero-order chi connectivity index (χ0) is 40.0. The first kappa shape index (κ1) is 40.7. The van der Waals surface area contributed by atoms with Crippen molar-refractivity contribution in [3.8, 4) is 22.6 Å². The van der Waals surface area contributed by atoms with Gasteiger partial charge in [-0.05, 0) is 46.6 Å². The Kier molecular flexibility index (Phi) is 13.0. The number of pyridine rings is 2.